The number of aryl methyl sites for hydroxylation is 1. The number of benzene rings is 3. The Balaban J connectivity index is 1.36. The first-order valence-corrected chi connectivity index (χ1v) is 12.6. The number of para-hydroxylation sites is 1. The summed E-state index contributed by atoms with van der Waals surface area (Å²) in [6.45, 7) is 2.05. The van der Waals surface area contributed by atoms with Crippen LogP contribution in [0.3, 0.4) is 0 Å². The molecular weight excluding hydrogens is 480 g/mol. The maximum Gasteiger partial charge on any atom is 0.262 e. The second kappa shape index (κ2) is 10.1. The van der Waals surface area contributed by atoms with E-state index in [0.717, 1.165) is 16.8 Å². The fraction of sp³-hybridized carbons (Fsp3) is 0.185. The van der Waals surface area contributed by atoms with Gasteiger partial charge in [0.05, 0.1) is 11.8 Å². The average molecular weight is 503 g/mol. The highest BCUT2D eigenvalue weighted by molar-refractivity contribution is 8.15. The molecule has 2 aliphatic heterocycles. The first-order chi connectivity index (χ1) is 17.0. The lowest BCUT2D eigenvalue weighted by molar-refractivity contribution is -0.121. The van der Waals surface area contributed by atoms with Gasteiger partial charge in [0, 0.05) is 23.6 Å². The lowest BCUT2D eigenvalue weighted by atomic mass is 9.98. The predicted octanol–water partition coefficient (Wildman–Crippen LogP) is 5.83. The van der Waals surface area contributed by atoms with Gasteiger partial charge >= 0.3 is 0 Å². The summed E-state index contributed by atoms with van der Waals surface area (Å²) in [6.07, 6.45) is 0.705. The number of hydrogen-bond acceptors (Lipinski definition) is 5. The van der Waals surface area contributed by atoms with Crippen molar-refractivity contribution in [2.75, 3.05) is 5.32 Å². The fourth-order valence-corrected chi connectivity index (χ4v) is 5.25. The van der Waals surface area contributed by atoms with Crippen molar-refractivity contribution in [3.8, 4) is 0 Å². The zero-order chi connectivity index (χ0) is 24.4. The zero-order valence-corrected chi connectivity index (χ0v) is 20.6. The van der Waals surface area contributed by atoms with Crippen molar-refractivity contribution in [2.24, 2.45) is 10.1 Å². The quantitative estimate of drug-likeness (QED) is 0.476. The van der Waals surface area contributed by atoms with Crippen LogP contribution in [0.2, 0.25) is 5.02 Å². The van der Waals surface area contributed by atoms with E-state index >= 15 is 0 Å². The van der Waals surface area contributed by atoms with Crippen molar-refractivity contribution in [1.29, 1.82) is 0 Å². The first kappa shape index (κ1) is 23.3. The number of carbonyl (C=O) groups excluding carboxylic acids is 2. The van der Waals surface area contributed by atoms with Gasteiger partial charge in [0.15, 0.2) is 5.17 Å². The zero-order valence-electron chi connectivity index (χ0n) is 19.0. The number of carbonyl (C=O) groups is 2. The normalized spacial score (nSPS) is 19.5. The van der Waals surface area contributed by atoms with Crippen LogP contribution in [0.25, 0.3) is 0 Å². The van der Waals surface area contributed by atoms with Crippen LogP contribution in [0.5, 0.6) is 0 Å². The minimum atomic E-state index is -0.585. The molecule has 176 valence electrons. The summed E-state index contributed by atoms with van der Waals surface area (Å²) < 4.78 is 0. The maximum atomic E-state index is 12.7. The van der Waals surface area contributed by atoms with Crippen molar-refractivity contribution in [1.82, 2.24) is 5.01 Å². The minimum absolute atomic E-state index is 0.0411. The van der Waals surface area contributed by atoms with Gasteiger partial charge in [-0.2, -0.15) is 10.1 Å². The molecule has 3 aromatic rings. The number of amidine groups is 1. The van der Waals surface area contributed by atoms with Gasteiger partial charge in [0.2, 0.25) is 5.91 Å². The van der Waals surface area contributed by atoms with Gasteiger partial charge in [-0.05, 0) is 42.3 Å². The van der Waals surface area contributed by atoms with Gasteiger partial charge < -0.3 is 5.32 Å². The molecule has 0 spiro atoms. The van der Waals surface area contributed by atoms with E-state index in [9.17, 15) is 9.59 Å². The molecule has 0 radical (unpaired) electrons. The SMILES string of the molecule is Cc1ccc(C2=NN(C3=NC(=O)[C@H](CC(=O)Nc4ccccc4)S3)[C@@H](c3ccc(Cl)cc3)C2)cc1. The summed E-state index contributed by atoms with van der Waals surface area (Å²) in [5, 5.41) is 10.1. The lowest BCUT2D eigenvalue weighted by Gasteiger charge is -2.23. The average Bonchev–Trinajstić information content (AvgIpc) is 3.45. The standard InChI is InChI=1S/C27H23ClN4O2S/c1-17-7-9-18(10-8-17)22-15-23(19-11-13-20(28)14-12-19)32(31-22)27-30-26(34)24(35-27)16-25(33)29-21-5-3-2-4-6-21/h2-14,23-24H,15-16H2,1H3,(H,29,33)/t23-,24+/m1/s1. The predicted molar refractivity (Wildman–Crippen MR) is 142 cm³/mol. The van der Waals surface area contributed by atoms with E-state index in [1.54, 1.807) is 0 Å². The van der Waals surface area contributed by atoms with Gasteiger partial charge in [-0.15, -0.1) is 0 Å². The van der Waals surface area contributed by atoms with Crippen molar-refractivity contribution < 1.29 is 9.59 Å². The highest BCUT2D eigenvalue weighted by Crippen LogP contribution is 2.39. The Bertz CT molecular complexity index is 1310. The number of halogens is 1. The summed E-state index contributed by atoms with van der Waals surface area (Å²) in [6, 6.07) is 25.0. The second-order valence-electron chi connectivity index (χ2n) is 8.49. The second-order valence-corrected chi connectivity index (χ2v) is 10.1. The van der Waals surface area contributed by atoms with Gasteiger partial charge in [-0.3, -0.25) is 9.59 Å². The number of hydrogen-bond donors (Lipinski definition) is 1. The summed E-state index contributed by atoms with van der Waals surface area (Å²) in [5.41, 5.74) is 4.86. The molecule has 0 saturated heterocycles. The van der Waals surface area contributed by atoms with E-state index in [2.05, 4.69) is 34.6 Å². The molecule has 8 heteroatoms. The van der Waals surface area contributed by atoms with E-state index in [-0.39, 0.29) is 24.3 Å². The third-order valence-corrected chi connectivity index (χ3v) is 7.30. The highest BCUT2D eigenvalue weighted by Gasteiger charge is 2.39. The fourth-order valence-electron chi connectivity index (χ4n) is 4.06. The number of nitrogens with one attached hydrogen (secondary N) is 1. The van der Waals surface area contributed by atoms with E-state index < -0.39 is 5.25 Å². The largest absolute Gasteiger partial charge is 0.326 e. The number of anilines is 1. The Morgan fingerprint density at radius 3 is 2.49 bits per heavy atom. The summed E-state index contributed by atoms with van der Waals surface area (Å²) in [4.78, 5) is 29.6. The molecule has 2 atom stereocenters. The van der Waals surface area contributed by atoms with Crippen LogP contribution in [0.15, 0.2) is 89.0 Å². The van der Waals surface area contributed by atoms with Crippen molar-refractivity contribution in [3.63, 3.8) is 0 Å². The maximum absolute atomic E-state index is 12.7. The van der Waals surface area contributed by atoms with Crippen LogP contribution in [0.4, 0.5) is 5.69 Å². The Morgan fingerprint density at radius 2 is 1.77 bits per heavy atom. The van der Waals surface area contributed by atoms with Gasteiger partial charge in [0.25, 0.3) is 5.91 Å². The summed E-state index contributed by atoms with van der Waals surface area (Å²) in [5.74, 6) is -0.542. The van der Waals surface area contributed by atoms with Crippen LogP contribution in [-0.2, 0) is 9.59 Å². The third-order valence-electron chi connectivity index (χ3n) is 5.90. The molecule has 2 amide bonds. The van der Waals surface area contributed by atoms with Crippen LogP contribution in [0, 0.1) is 6.92 Å². The number of hydrazone groups is 1. The third kappa shape index (κ3) is 5.31. The number of thioether (sulfide) groups is 1. The van der Waals surface area contributed by atoms with Gasteiger partial charge in [0.1, 0.15) is 5.25 Å². The molecule has 0 bridgehead atoms. The minimum Gasteiger partial charge on any atom is -0.326 e. The molecule has 0 fully saturated rings. The molecule has 1 N–H and O–H groups in total. The van der Waals surface area contributed by atoms with E-state index in [1.807, 2.05) is 66.5 Å². The molecule has 5 rings (SSSR count). The molecule has 6 nitrogen and oxygen atoms in total. The van der Waals surface area contributed by atoms with Crippen LogP contribution >= 0.6 is 23.4 Å². The van der Waals surface area contributed by atoms with E-state index in [1.165, 1.54) is 17.3 Å². The molecule has 0 unspecified atom stereocenters. The van der Waals surface area contributed by atoms with Crippen LogP contribution < -0.4 is 5.32 Å². The molecule has 0 saturated carbocycles. The lowest BCUT2D eigenvalue weighted by Crippen LogP contribution is -2.25. The Morgan fingerprint density at radius 1 is 1.06 bits per heavy atom. The Kier molecular flexibility index (Phi) is 6.70. The van der Waals surface area contributed by atoms with Crippen molar-refractivity contribution in [3.05, 3.63) is 101 Å². The summed E-state index contributed by atoms with van der Waals surface area (Å²) >= 11 is 7.40. The Labute approximate surface area is 213 Å². The van der Waals surface area contributed by atoms with E-state index in [4.69, 9.17) is 16.7 Å². The van der Waals surface area contributed by atoms with Crippen LogP contribution in [-0.4, -0.2) is 33.0 Å². The van der Waals surface area contributed by atoms with Gasteiger partial charge in [-0.25, -0.2) is 5.01 Å². The molecule has 3 aromatic carbocycles. The molecule has 0 aromatic heterocycles. The molecule has 35 heavy (non-hydrogen) atoms. The summed E-state index contributed by atoms with van der Waals surface area (Å²) in [7, 11) is 0. The molecular formula is C27H23ClN4O2S. The number of amides is 2. The Hall–Kier alpha value is -3.42. The number of nitrogens with zero attached hydrogens (tertiary/aromatic N) is 3. The highest BCUT2D eigenvalue weighted by atomic mass is 35.5. The molecule has 2 aliphatic rings. The van der Waals surface area contributed by atoms with Crippen LogP contribution in [0.1, 0.15) is 35.6 Å². The van der Waals surface area contributed by atoms with Crippen molar-refractivity contribution in [2.45, 2.75) is 31.1 Å². The monoisotopic (exact) mass is 502 g/mol. The topological polar surface area (TPSA) is 74.1 Å². The first-order valence-electron chi connectivity index (χ1n) is 11.3. The number of rotatable bonds is 5. The van der Waals surface area contributed by atoms with Crippen molar-refractivity contribution >= 4 is 51.7 Å². The van der Waals surface area contributed by atoms with Gasteiger partial charge in [-0.1, -0.05) is 83.5 Å². The molecule has 2 heterocycles. The number of aliphatic imine (C=N–C) groups is 1. The van der Waals surface area contributed by atoms with E-state index in [0.29, 0.717) is 22.3 Å². The molecule has 0 aliphatic carbocycles. The smallest absolute Gasteiger partial charge is 0.262 e.